The molecule has 4 N–H and O–H groups in total. The van der Waals surface area contributed by atoms with E-state index >= 15 is 0 Å². The van der Waals surface area contributed by atoms with Crippen LogP contribution in [0.4, 0.5) is 5.69 Å². The van der Waals surface area contributed by atoms with Gasteiger partial charge in [-0.2, -0.15) is 0 Å². The number of anilines is 1. The molecule has 4 aliphatic rings. The molecule has 11 heteroatoms. The number of allylic oxidation sites excluding steroid dienone is 4. The number of oxime groups is 1. The largest absolute Gasteiger partial charge is 0.871 e. The van der Waals surface area contributed by atoms with Gasteiger partial charge >= 0.3 is 5.97 Å². The van der Waals surface area contributed by atoms with Gasteiger partial charge in [-0.1, -0.05) is 48.5 Å². The van der Waals surface area contributed by atoms with Crippen LogP contribution in [0, 0.1) is 28.6 Å². The fourth-order valence-electron chi connectivity index (χ4n) is 8.33. The molecule has 5 rings (SSSR count). The highest BCUT2D eigenvalue weighted by atomic mass is 16.8. The van der Waals surface area contributed by atoms with Gasteiger partial charge in [-0.15, -0.1) is 5.23 Å². The van der Waals surface area contributed by atoms with E-state index in [1.54, 1.807) is 0 Å². The Balaban J connectivity index is 1.20. The standard InChI is InChI=1S/C32H43N3O8/c1-30-12-9-21(17-20(30)6-7-22-23(30)10-13-31(2)24(22)11-14-32(31,3)39)34-43-18-28(37)33-25(29(38)42-4)15-19-5-8-27(36)26(16-19)35(40)41/h5,8-9,12,16-17,22-25,36,39-41H,6-7,10-11,13-15,18H2,1-4H3,(H,33,37)/p-1/t22-,23+,24+,25+,30+,31+,32+/m1/s1. The average molecular weight is 597 g/mol. The monoisotopic (exact) mass is 596 g/mol. The fraction of sp³-hybridized carbons (Fsp3) is 0.594. The van der Waals surface area contributed by atoms with Crippen LogP contribution in [0.25, 0.3) is 0 Å². The minimum atomic E-state index is -1.10. The second-order valence-corrected chi connectivity index (χ2v) is 13.2. The Kier molecular flexibility index (Phi) is 8.36. The number of carbonyl (C=O) groups is 2. The highest BCUT2D eigenvalue weighted by Gasteiger charge is 2.62. The Morgan fingerprint density at radius 2 is 1.91 bits per heavy atom. The van der Waals surface area contributed by atoms with E-state index < -0.39 is 35.9 Å². The maximum Gasteiger partial charge on any atom is 0.328 e. The molecule has 1 amide bonds. The molecule has 1 aromatic carbocycles. The van der Waals surface area contributed by atoms with Crippen LogP contribution in [-0.2, 0) is 25.6 Å². The number of ether oxygens (including phenoxy) is 1. The molecule has 43 heavy (non-hydrogen) atoms. The molecule has 0 radical (unpaired) electrons. The predicted octanol–water partition coefficient (Wildman–Crippen LogP) is 3.41. The SMILES string of the molecule is COC(=O)[C@H](Cc1ccc([O-])c(N(O)O)c1)NC(=O)CON=C1C=C[C@@]2(C)C(=C1)CC[C@@H]1[C@@H]2CC[C@@]2(C)[C@H]1CC[C@]2(C)O. The average Bonchev–Trinajstić information content (AvgIpc) is 3.21. The molecule has 0 bridgehead atoms. The lowest BCUT2D eigenvalue weighted by molar-refractivity contribution is -0.268. The molecule has 4 aliphatic carbocycles. The van der Waals surface area contributed by atoms with E-state index in [2.05, 4.69) is 36.5 Å². The minimum Gasteiger partial charge on any atom is -0.871 e. The second kappa shape index (κ2) is 11.6. The van der Waals surface area contributed by atoms with Crippen LogP contribution in [-0.4, -0.2) is 58.5 Å². The van der Waals surface area contributed by atoms with Gasteiger partial charge in [0.1, 0.15) is 11.8 Å². The predicted molar refractivity (Wildman–Crippen MR) is 155 cm³/mol. The molecule has 0 aromatic heterocycles. The number of benzene rings is 1. The molecule has 7 atom stereocenters. The first-order valence-electron chi connectivity index (χ1n) is 15.0. The summed E-state index contributed by atoms with van der Waals surface area (Å²) in [5.41, 5.74) is 1.25. The van der Waals surface area contributed by atoms with Crippen molar-refractivity contribution in [1.82, 2.24) is 5.32 Å². The minimum absolute atomic E-state index is 0.0252. The van der Waals surface area contributed by atoms with Crippen LogP contribution in [0.3, 0.4) is 0 Å². The Labute approximate surface area is 251 Å². The lowest BCUT2D eigenvalue weighted by Crippen LogP contribution is -2.53. The Bertz CT molecular complexity index is 1350. The number of methoxy groups -OCH3 is 1. The van der Waals surface area contributed by atoms with E-state index in [1.807, 2.05) is 13.0 Å². The number of hydrogen-bond acceptors (Lipinski definition) is 10. The lowest BCUT2D eigenvalue weighted by Gasteiger charge is -2.58. The van der Waals surface area contributed by atoms with Crippen LogP contribution in [0.2, 0.25) is 0 Å². The van der Waals surface area contributed by atoms with Gasteiger partial charge in [0, 0.05) is 11.8 Å². The van der Waals surface area contributed by atoms with Gasteiger partial charge < -0.3 is 25.1 Å². The highest BCUT2D eigenvalue weighted by Crippen LogP contribution is 2.66. The topological polar surface area (TPSA) is 164 Å². The molecule has 1 aromatic rings. The maximum absolute atomic E-state index is 12.6. The van der Waals surface area contributed by atoms with Crippen molar-refractivity contribution in [1.29, 1.82) is 0 Å². The van der Waals surface area contributed by atoms with Gasteiger partial charge in [-0.05, 0) is 92.4 Å². The first-order valence-corrected chi connectivity index (χ1v) is 15.0. The molecular formula is C32H42N3O8-. The summed E-state index contributed by atoms with van der Waals surface area (Å²) in [6, 6.07) is 2.67. The molecule has 11 nitrogen and oxygen atoms in total. The zero-order valence-electron chi connectivity index (χ0n) is 25.2. The molecule has 0 saturated heterocycles. The first kappa shape index (κ1) is 31.0. The van der Waals surface area contributed by atoms with Crippen molar-refractivity contribution in [3.05, 3.63) is 47.6 Å². The number of hydrogen-bond donors (Lipinski definition) is 4. The summed E-state index contributed by atoms with van der Waals surface area (Å²) >= 11 is 0. The summed E-state index contributed by atoms with van der Waals surface area (Å²) in [4.78, 5) is 30.3. The smallest absolute Gasteiger partial charge is 0.328 e. The quantitative estimate of drug-likeness (QED) is 0.260. The number of aliphatic hydroxyl groups is 1. The van der Waals surface area contributed by atoms with Crippen molar-refractivity contribution >= 4 is 23.3 Å². The summed E-state index contributed by atoms with van der Waals surface area (Å²) in [6.45, 7) is 6.20. The molecule has 0 unspecified atom stereocenters. The number of rotatable bonds is 8. The number of nitrogens with one attached hydrogen (secondary N) is 1. The van der Waals surface area contributed by atoms with Crippen LogP contribution >= 0.6 is 0 Å². The summed E-state index contributed by atoms with van der Waals surface area (Å²) in [7, 11) is 1.19. The van der Waals surface area contributed by atoms with Gasteiger partial charge in [0.25, 0.3) is 5.91 Å². The number of esters is 1. The van der Waals surface area contributed by atoms with E-state index in [1.165, 1.54) is 24.8 Å². The second-order valence-electron chi connectivity index (χ2n) is 13.2. The van der Waals surface area contributed by atoms with Crippen molar-refractivity contribution in [2.75, 3.05) is 18.9 Å². The normalized spacial score (nSPS) is 34.3. The van der Waals surface area contributed by atoms with Crippen LogP contribution in [0.15, 0.2) is 47.2 Å². The zero-order chi connectivity index (χ0) is 31.2. The fourth-order valence-corrected chi connectivity index (χ4v) is 8.33. The van der Waals surface area contributed by atoms with Crippen molar-refractivity contribution < 1.29 is 39.8 Å². The summed E-state index contributed by atoms with van der Waals surface area (Å²) in [6.07, 6.45) is 12.3. The van der Waals surface area contributed by atoms with Crippen molar-refractivity contribution in [3.63, 3.8) is 0 Å². The number of fused-ring (bicyclic) bond motifs is 5. The number of amides is 1. The molecule has 0 spiro atoms. The first-order chi connectivity index (χ1) is 20.3. The molecular weight excluding hydrogens is 554 g/mol. The van der Waals surface area contributed by atoms with Gasteiger partial charge in [0.05, 0.1) is 18.4 Å². The van der Waals surface area contributed by atoms with Gasteiger partial charge in [-0.25, -0.2) is 4.79 Å². The Morgan fingerprint density at radius 1 is 1.16 bits per heavy atom. The molecule has 234 valence electrons. The van der Waals surface area contributed by atoms with Crippen LogP contribution < -0.4 is 15.6 Å². The van der Waals surface area contributed by atoms with Gasteiger partial charge in [0.15, 0.2) is 6.61 Å². The van der Waals surface area contributed by atoms with E-state index in [0.29, 0.717) is 29.0 Å². The zero-order valence-corrected chi connectivity index (χ0v) is 25.2. The summed E-state index contributed by atoms with van der Waals surface area (Å²) in [5, 5.41) is 47.8. The molecule has 3 fully saturated rings. The summed E-state index contributed by atoms with van der Waals surface area (Å²) < 4.78 is 4.80. The third-order valence-corrected chi connectivity index (χ3v) is 11.0. The third kappa shape index (κ3) is 5.65. The van der Waals surface area contributed by atoms with E-state index in [9.17, 15) is 30.2 Å². The molecule has 0 aliphatic heterocycles. The van der Waals surface area contributed by atoms with Gasteiger partial charge in [-0.3, -0.25) is 15.2 Å². The van der Waals surface area contributed by atoms with Crippen molar-refractivity contribution in [2.24, 2.45) is 33.7 Å². The third-order valence-electron chi connectivity index (χ3n) is 11.0. The van der Waals surface area contributed by atoms with Gasteiger partial charge in [0.2, 0.25) is 0 Å². The summed E-state index contributed by atoms with van der Waals surface area (Å²) in [5.74, 6) is -0.302. The lowest BCUT2D eigenvalue weighted by atomic mass is 9.47. The van der Waals surface area contributed by atoms with Crippen LogP contribution in [0.1, 0.15) is 64.9 Å². The molecule has 0 heterocycles. The van der Waals surface area contributed by atoms with E-state index in [4.69, 9.17) is 9.57 Å². The maximum atomic E-state index is 12.6. The van der Waals surface area contributed by atoms with E-state index in [0.717, 1.165) is 44.6 Å². The van der Waals surface area contributed by atoms with Crippen molar-refractivity contribution in [2.45, 2.75) is 77.4 Å². The van der Waals surface area contributed by atoms with Crippen LogP contribution in [0.5, 0.6) is 5.75 Å². The number of carbonyl (C=O) groups excluding carboxylic acids is 2. The van der Waals surface area contributed by atoms with E-state index in [-0.39, 0.29) is 28.2 Å². The number of nitrogens with zero attached hydrogens (tertiary/aromatic N) is 2. The highest BCUT2D eigenvalue weighted by molar-refractivity contribution is 6.05. The Morgan fingerprint density at radius 3 is 2.63 bits per heavy atom. The van der Waals surface area contributed by atoms with Crippen molar-refractivity contribution in [3.8, 4) is 5.75 Å². The Hall–Kier alpha value is -3.41. The molecule has 3 saturated carbocycles.